The smallest absolute Gasteiger partial charge is 0.0544 e. The lowest BCUT2D eigenvalue weighted by Gasteiger charge is -2.07. The molecule has 0 saturated carbocycles. The third-order valence-corrected chi connectivity index (χ3v) is 3.76. The van der Waals surface area contributed by atoms with Crippen LogP contribution in [0.3, 0.4) is 0 Å². The fourth-order valence-corrected chi connectivity index (χ4v) is 2.87. The topological polar surface area (TPSA) is 4.93 Å². The molecule has 0 aliphatic heterocycles. The zero-order valence-corrected chi connectivity index (χ0v) is 11.3. The molecule has 95 valence electrons. The van der Waals surface area contributed by atoms with E-state index in [2.05, 4.69) is 84.3 Å². The molecular formula is C19H14N. The van der Waals surface area contributed by atoms with Crippen molar-refractivity contribution in [1.29, 1.82) is 0 Å². The summed E-state index contributed by atoms with van der Waals surface area (Å²) in [6.07, 6.45) is 0. The predicted molar refractivity (Wildman–Crippen MR) is 84.4 cm³/mol. The molecule has 0 bridgehead atoms. The summed E-state index contributed by atoms with van der Waals surface area (Å²) in [5, 5.41) is 2.54. The fourth-order valence-electron chi connectivity index (χ4n) is 2.87. The molecular weight excluding hydrogens is 242 g/mol. The minimum Gasteiger partial charge on any atom is -0.309 e. The number of rotatable bonds is 1. The zero-order chi connectivity index (χ0) is 13.5. The molecule has 0 aliphatic carbocycles. The summed E-state index contributed by atoms with van der Waals surface area (Å²) in [6, 6.07) is 26.7. The molecule has 0 spiro atoms. The van der Waals surface area contributed by atoms with Crippen molar-refractivity contribution in [1.82, 2.24) is 4.57 Å². The van der Waals surface area contributed by atoms with E-state index in [1.165, 1.54) is 27.5 Å². The van der Waals surface area contributed by atoms with Crippen molar-refractivity contribution >= 4 is 21.8 Å². The second-order valence-corrected chi connectivity index (χ2v) is 5.10. The van der Waals surface area contributed by atoms with Gasteiger partial charge in [0.05, 0.1) is 11.0 Å². The van der Waals surface area contributed by atoms with Gasteiger partial charge in [-0.2, -0.15) is 0 Å². The van der Waals surface area contributed by atoms with Gasteiger partial charge in [0.25, 0.3) is 0 Å². The Morgan fingerprint density at radius 2 is 1.55 bits per heavy atom. The van der Waals surface area contributed by atoms with Gasteiger partial charge in [0, 0.05) is 16.5 Å². The Hall–Kier alpha value is -2.54. The highest BCUT2D eigenvalue weighted by atomic mass is 15.0. The van der Waals surface area contributed by atoms with Crippen LogP contribution < -0.4 is 0 Å². The number of fused-ring (bicyclic) bond motifs is 3. The normalized spacial score (nSPS) is 11.2. The van der Waals surface area contributed by atoms with E-state index < -0.39 is 0 Å². The largest absolute Gasteiger partial charge is 0.309 e. The van der Waals surface area contributed by atoms with Gasteiger partial charge in [0.15, 0.2) is 0 Å². The minimum absolute atomic E-state index is 1.16. The Morgan fingerprint density at radius 1 is 0.800 bits per heavy atom. The molecule has 3 aromatic carbocycles. The third-order valence-electron chi connectivity index (χ3n) is 3.76. The average Bonchev–Trinajstić information content (AvgIpc) is 2.81. The lowest BCUT2D eigenvalue weighted by Crippen LogP contribution is -1.93. The van der Waals surface area contributed by atoms with Gasteiger partial charge in [0.1, 0.15) is 0 Å². The monoisotopic (exact) mass is 256 g/mol. The van der Waals surface area contributed by atoms with E-state index in [4.69, 9.17) is 0 Å². The highest BCUT2D eigenvalue weighted by Gasteiger charge is 2.11. The van der Waals surface area contributed by atoms with Crippen LogP contribution in [0.2, 0.25) is 0 Å². The molecule has 20 heavy (non-hydrogen) atoms. The molecule has 1 aromatic heterocycles. The first-order valence-electron chi connectivity index (χ1n) is 6.81. The number of para-hydroxylation sites is 2. The van der Waals surface area contributed by atoms with Crippen molar-refractivity contribution in [3.8, 4) is 5.69 Å². The van der Waals surface area contributed by atoms with Crippen LogP contribution in [0, 0.1) is 13.0 Å². The number of hydrogen-bond donors (Lipinski definition) is 0. The van der Waals surface area contributed by atoms with Crippen molar-refractivity contribution in [3.63, 3.8) is 0 Å². The van der Waals surface area contributed by atoms with Gasteiger partial charge < -0.3 is 4.57 Å². The highest BCUT2D eigenvalue weighted by molar-refractivity contribution is 6.09. The van der Waals surface area contributed by atoms with Crippen LogP contribution >= 0.6 is 0 Å². The van der Waals surface area contributed by atoms with E-state index >= 15 is 0 Å². The molecule has 1 heteroatoms. The quantitative estimate of drug-likeness (QED) is 0.457. The maximum Gasteiger partial charge on any atom is 0.0544 e. The van der Waals surface area contributed by atoms with E-state index in [-0.39, 0.29) is 0 Å². The fraction of sp³-hybridized carbons (Fsp3) is 0.0526. The summed E-state index contributed by atoms with van der Waals surface area (Å²) in [5.74, 6) is 0. The Bertz CT molecular complexity index is 901. The Kier molecular flexibility index (Phi) is 2.40. The Morgan fingerprint density at radius 3 is 2.40 bits per heavy atom. The second kappa shape index (κ2) is 4.24. The number of aromatic nitrogens is 1. The standard InChI is InChI=1S/C19H14N/c1-14-11-12-17-16-9-5-6-10-18(16)20(19(17)13-14)15-7-3-2-4-8-15/h2-10,12-13H,1H3. The van der Waals surface area contributed by atoms with E-state index in [1.54, 1.807) is 0 Å². The highest BCUT2D eigenvalue weighted by Crippen LogP contribution is 2.31. The number of hydrogen-bond acceptors (Lipinski definition) is 0. The Labute approximate surface area is 118 Å². The van der Waals surface area contributed by atoms with E-state index in [1.807, 2.05) is 0 Å². The first kappa shape index (κ1) is 11.3. The van der Waals surface area contributed by atoms with E-state index in [0.717, 1.165) is 5.56 Å². The summed E-state index contributed by atoms with van der Waals surface area (Å²) >= 11 is 0. The molecule has 0 fully saturated rings. The summed E-state index contributed by atoms with van der Waals surface area (Å²) in [5.41, 5.74) is 4.85. The van der Waals surface area contributed by atoms with Gasteiger partial charge in [-0.1, -0.05) is 36.4 Å². The summed E-state index contributed by atoms with van der Waals surface area (Å²) in [6.45, 7) is 2.09. The van der Waals surface area contributed by atoms with Crippen LogP contribution in [-0.2, 0) is 0 Å². The number of nitrogens with zero attached hydrogens (tertiary/aromatic N) is 1. The van der Waals surface area contributed by atoms with Crippen LogP contribution in [0.15, 0.2) is 66.7 Å². The molecule has 0 amide bonds. The zero-order valence-electron chi connectivity index (χ0n) is 11.3. The van der Waals surface area contributed by atoms with Crippen molar-refractivity contribution in [2.45, 2.75) is 6.92 Å². The maximum atomic E-state index is 3.32. The lowest BCUT2D eigenvalue weighted by molar-refractivity contribution is 1.18. The molecule has 1 heterocycles. The van der Waals surface area contributed by atoms with Crippen molar-refractivity contribution in [2.24, 2.45) is 0 Å². The van der Waals surface area contributed by atoms with E-state index in [0.29, 0.717) is 0 Å². The molecule has 1 nitrogen and oxygen atoms in total. The minimum atomic E-state index is 1.16. The average molecular weight is 256 g/mol. The third kappa shape index (κ3) is 1.56. The molecule has 0 atom stereocenters. The van der Waals surface area contributed by atoms with E-state index in [9.17, 15) is 0 Å². The van der Waals surface area contributed by atoms with Gasteiger partial charge in [-0.05, 0) is 48.9 Å². The molecule has 0 saturated heterocycles. The number of aryl methyl sites for hydroxylation is 1. The van der Waals surface area contributed by atoms with Crippen LogP contribution in [0.1, 0.15) is 5.56 Å². The van der Waals surface area contributed by atoms with Crippen LogP contribution in [0.5, 0.6) is 0 Å². The Balaban J connectivity index is 2.23. The molecule has 1 radical (unpaired) electrons. The molecule has 4 rings (SSSR count). The molecule has 4 aromatic rings. The summed E-state index contributed by atoms with van der Waals surface area (Å²) in [4.78, 5) is 0. The summed E-state index contributed by atoms with van der Waals surface area (Å²) < 4.78 is 2.32. The summed E-state index contributed by atoms with van der Waals surface area (Å²) in [7, 11) is 0. The predicted octanol–water partition coefficient (Wildman–Crippen LogP) is 4.89. The molecule has 0 N–H and O–H groups in total. The van der Waals surface area contributed by atoms with Gasteiger partial charge >= 0.3 is 0 Å². The molecule has 0 aliphatic rings. The van der Waals surface area contributed by atoms with Crippen molar-refractivity contribution < 1.29 is 0 Å². The van der Waals surface area contributed by atoms with Crippen molar-refractivity contribution in [3.05, 3.63) is 78.4 Å². The van der Waals surface area contributed by atoms with Crippen molar-refractivity contribution in [2.75, 3.05) is 0 Å². The number of benzene rings is 3. The second-order valence-electron chi connectivity index (χ2n) is 5.10. The molecule has 0 unspecified atom stereocenters. The van der Waals surface area contributed by atoms with Gasteiger partial charge in [-0.3, -0.25) is 0 Å². The first-order valence-corrected chi connectivity index (χ1v) is 6.81. The lowest BCUT2D eigenvalue weighted by atomic mass is 10.1. The van der Waals surface area contributed by atoms with Crippen LogP contribution in [0.4, 0.5) is 0 Å². The van der Waals surface area contributed by atoms with Gasteiger partial charge in [0.2, 0.25) is 0 Å². The first-order chi connectivity index (χ1) is 9.84. The SMILES string of the molecule is Cc1[c]cc2c3ccccc3n(-c3ccccc3)c2c1. The van der Waals surface area contributed by atoms with Gasteiger partial charge in [-0.25, -0.2) is 0 Å². The van der Waals surface area contributed by atoms with Crippen LogP contribution in [0.25, 0.3) is 27.5 Å². The maximum absolute atomic E-state index is 3.32. The van der Waals surface area contributed by atoms with Crippen LogP contribution in [-0.4, -0.2) is 4.57 Å². The van der Waals surface area contributed by atoms with Gasteiger partial charge in [-0.15, -0.1) is 0 Å².